The molecule has 0 unspecified atom stereocenters. The van der Waals surface area contributed by atoms with Crippen molar-refractivity contribution in [2.24, 2.45) is 0 Å². The lowest BCUT2D eigenvalue weighted by Crippen LogP contribution is -2.23. The fourth-order valence-corrected chi connectivity index (χ4v) is 3.28. The number of phenolic OH excluding ortho intramolecular Hbond substituents is 1. The molecule has 0 radical (unpaired) electrons. The van der Waals surface area contributed by atoms with Crippen LogP contribution in [0.4, 0.5) is 0 Å². The van der Waals surface area contributed by atoms with Crippen molar-refractivity contribution < 1.29 is 23.9 Å². The van der Waals surface area contributed by atoms with Crippen molar-refractivity contribution in [2.75, 3.05) is 6.79 Å². The molecule has 1 amide bonds. The van der Waals surface area contributed by atoms with E-state index in [0.29, 0.717) is 30.2 Å². The smallest absolute Gasteiger partial charge is 0.273 e. The molecule has 1 aliphatic heterocycles. The first-order valence-corrected chi connectivity index (χ1v) is 9.04. The van der Waals surface area contributed by atoms with Gasteiger partial charge in [-0.1, -0.05) is 34.4 Å². The number of halogens is 2. The number of phenols is 1. The van der Waals surface area contributed by atoms with E-state index in [4.69, 9.17) is 37.2 Å². The van der Waals surface area contributed by atoms with Gasteiger partial charge < -0.3 is 24.4 Å². The highest BCUT2D eigenvalue weighted by Gasteiger charge is 2.16. The van der Waals surface area contributed by atoms with Gasteiger partial charge in [0.2, 0.25) is 6.79 Å². The number of fused-ring (bicyclic) bond motifs is 1. The molecule has 2 N–H and O–H groups in total. The van der Waals surface area contributed by atoms with Crippen molar-refractivity contribution in [3.05, 3.63) is 69.0 Å². The van der Waals surface area contributed by atoms with Crippen LogP contribution in [-0.2, 0) is 13.0 Å². The van der Waals surface area contributed by atoms with Crippen LogP contribution in [0.1, 0.15) is 27.4 Å². The molecular formula is C19H14Cl2N2O5. The van der Waals surface area contributed by atoms with E-state index in [1.807, 2.05) is 12.1 Å². The third-order valence-corrected chi connectivity index (χ3v) is 4.71. The Morgan fingerprint density at radius 1 is 1.07 bits per heavy atom. The molecular weight excluding hydrogens is 407 g/mol. The molecule has 9 heteroatoms. The fourth-order valence-electron chi connectivity index (χ4n) is 2.75. The molecule has 0 saturated heterocycles. The van der Waals surface area contributed by atoms with Gasteiger partial charge in [-0.2, -0.15) is 0 Å². The van der Waals surface area contributed by atoms with E-state index in [-0.39, 0.29) is 34.2 Å². The largest absolute Gasteiger partial charge is 0.505 e. The van der Waals surface area contributed by atoms with E-state index < -0.39 is 0 Å². The molecule has 0 spiro atoms. The predicted octanol–water partition coefficient (Wildman–Crippen LogP) is 3.94. The number of benzene rings is 2. The van der Waals surface area contributed by atoms with Crippen molar-refractivity contribution in [1.29, 1.82) is 0 Å². The number of carbonyl (C=O) groups excluding carboxylic acids is 1. The Morgan fingerprint density at radius 2 is 1.82 bits per heavy atom. The molecule has 4 rings (SSSR count). The number of aromatic hydroxyl groups is 1. The summed E-state index contributed by atoms with van der Waals surface area (Å²) in [4.78, 5) is 12.3. The van der Waals surface area contributed by atoms with Gasteiger partial charge in [0, 0.05) is 19.0 Å². The summed E-state index contributed by atoms with van der Waals surface area (Å²) in [7, 11) is 0. The summed E-state index contributed by atoms with van der Waals surface area (Å²) in [6.07, 6.45) is 0.322. The summed E-state index contributed by atoms with van der Waals surface area (Å²) in [6.45, 7) is 0.505. The predicted molar refractivity (Wildman–Crippen MR) is 101 cm³/mol. The maximum Gasteiger partial charge on any atom is 0.273 e. The van der Waals surface area contributed by atoms with Gasteiger partial charge in [0.15, 0.2) is 22.9 Å². The van der Waals surface area contributed by atoms with Crippen LogP contribution in [0.15, 0.2) is 40.9 Å². The van der Waals surface area contributed by atoms with E-state index in [1.54, 1.807) is 24.3 Å². The summed E-state index contributed by atoms with van der Waals surface area (Å²) in [5.74, 6) is 1.26. The molecule has 1 aliphatic rings. The average Bonchev–Trinajstić information content (AvgIpc) is 3.33. The normalized spacial score (nSPS) is 12.2. The van der Waals surface area contributed by atoms with E-state index >= 15 is 0 Å². The summed E-state index contributed by atoms with van der Waals surface area (Å²) in [5.41, 5.74) is 1.75. The minimum Gasteiger partial charge on any atom is -0.505 e. The lowest BCUT2D eigenvalue weighted by molar-refractivity contribution is 0.0941. The number of nitrogens with zero attached hydrogens (tertiary/aromatic N) is 1. The molecule has 2 heterocycles. The first-order chi connectivity index (χ1) is 13.5. The number of aromatic nitrogens is 1. The second-order valence-electron chi connectivity index (χ2n) is 6.13. The Kier molecular flexibility index (Phi) is 5.02. The van der Waals surface area contributed by atoms with E-state index in [2.05, 4.69) is 10.5 Å². The Balaban J connectivity index is 1.39. The van der Waals surface area contributed by atoms with Gasteiger partial charge in [0.05, 0.1) is 10.0 Å². The average molecular weight is 421 g/mol. The Bertz CT molecular complexity index is 1030. The van der Waals surface area contributed by atoms with Crippen molar-refractivity contribution in [2.45, 2.75) is 13.0 Å². The zero-order valence-corrected chi connectivity index (χ0v) is 15.9. The lowest BCUT2D eigenvalue weighted by Gasteiger charge is -2.04. The van der Waals surface area contributed by atoms with Gasteiger partial charge in [-0.3, -0.25) is 4.79 Å². The molecule has 28 heavy (non-hydrogen) atoms. The second kappa shape index (κ2) is 7.61. The number of rotatable bonds is 5. The fraction of sp³-hybridized carbons (Fsp3) is 0.158. The lowest BCUT2D eigenvalue weighted by atomic mass is 10.1. The van der Waals surface area contributed by atoms with Crippen LogP contribution in [0.25, 0.3) is 0 Å². The highest BCUT2D eigenvalue weighted by Crippen LogP contribution is 2.34. The van der Waals surface area contributed by atoms with Crippen molar-refractivity contribution in [3.63, 3.8) is 0 Å². The first-order valence-electron chi connectivity index (χ1n) is 8.29. The number of nitrogens with one attached hydrogen (secondary N) is 1. The molecule has 144 valence electrons. The third-order valence-electron chi connectivity index (χ3n) is 4.14. The maximum atomic E-state index is 12.3. The van der Waals surface area contributed by atoms with Crippen molar-refractivity contribution in [1.82, 2.24) is 10.5 Å². The highest BCUT2D eigenvalue weighted by atomic mass is 35.5. The molecule has 2 aromatic carbocycles. The minimum absolute atomic E-state index is 0.142. The molecule has 0 fully saturated rings. The van der Waals surface area contributed by atoms with Gasteiger partial charge in [0.1, 0.15) is 5.76 Å². The monoisotopic (exact) mass is 420 g/mol. The van der Waals surface area contributed by atoms with Gasteiger partial charge >= 0.3 is 0 Å². The molecule has 0 saturated carbocycles. The third kappa shape index (κ3) is 3.85. The van der Waals surface area contributed by atoms with E-state index in [9.17, 15) is 9.90 Å². The Hall–Kier alpha value is -2.90. The van der Waals surface area contributed by atoms with Gasteiger partial charge in [-0.15, -0.1) is 0 Å². The SMILES string of the molecule is O=C(NCc1ccc2c(c1)OCO2)c1cc(Cc2cc(Cl)c(O)c(Cl)c2)on1. The number of amides is 1. The standard InChI is InChI=1S/C19H14Cl2N2O5/c20-13-4-11(5-14(21)18(13)24)3-12-7-15(23-28-12)19(25)22-8-10-1-2-16-17(6-10)27-9-26-16/h1-2,4-7,24H,3,8-9H2,(H,22,25). The highest BCUT2D eigenvalue weighted by molar-refractivity contribution is 6.37. The van der Waals surface area contributed by atoms with E-state index in [1.165, 1.54) is 0 Å². The van der Waals surface area contributed by atoms with Gasteiger partial charge in [-0.05, 0) is 35.4 Å². The van der Waals surface area contributed by atoms with Crippen LogP contribution in [0, 0.1) is 0 Å². The molecule has 0 aliphatic carbocycles. The van der Waals surface area contributed by atoms with Crippen LogP contribution < -0.4 is 14.8 Å². The van der Waals surface area contributed by atoms with Gasteiger partial charge in [0.25, 0.3) is 5.91 Å². The van der Waals surface area contributed by atoms with E-state index in [0.717, 1.165) is 11.1 Å². The van der Waals surface area contributed by atoms with Crippen LogP contribution in [0.3, 0.4) is 0 Å². The minimum atomic E-state index is -0.366. The number of hydrogen-bond acceptors (Lipinski definition) is 6. The molecule has 7 nitrogen and oxygen atoms in total. The number of carbonyl (C=O) groups is 1. The first kappa shape index (κ1) is 18.5. The van der Waals surface area contributed by atoms with Crippen LogP contribution >= 0.6 is 23.2 Å². The Labute approximate surface area is 169 Å². The summed E-state index contributed by atoms with van der Waals surface area (Å²) in [5, 5.41) is 16.5. The topological polar surface area (TPSA) is 93.8 Å². The quantitative estimate of drug-likeness (QED) is 0.649. The van der Waals surface area contributed by atoms with Crippen LogP contribution in [0.5, 0.6) is 17.2 Å². The molecule has 0 bridgehead atoms. The summed E-state index contributed by atoms with van der Waals surface area (Å²) < 4.78 is 15.8. The van der Waals surface area contributed by atoms with Crippen molar-refractivity contribution in [3.8, 4) is 17.2 Å². The van der Waals surface area contributed by atoms with Crippen LogP contribution in [-0.4, -0.2) is 23.0 Å². The van der Waals surface area contributed by atoms with Gasteiger partial charge in [-0.25, -0.2) is 0 Å². The molecule has 0 atom stereocenters. The van der Waals surface area contributed by atoms with Crippen molar-refractivity contribution >= 4 is 29.1 Å². The number of hydrogen-bond donors (Lipinski definition) is 2. The van der Waals surface area contributed by atoms with Crippen LogP contribution in [0.2, 0.25) is 10.0 Å². The number of ether oxygens (including phenoxy) is 2. The summed E-state index contributed by atoms with van der Waals surface area (Å²) >= 11 is 11.8. The zero-order valence-electron chi connectivity index (χ0n) is 14.4. The Morgan fingerprint density at radius 3 is 2.61 bits per heavy atom. The molecule has 1 aromatic heterocycles. The maximum absolute atomic E-state index is 12.3. The molecule has 3 aromatic rings. The zero-order chi connectivity index (χ0) is 19.7. The summed E-state index contributed by atoms with van der Waals surface area (Å²) in [6, 6.07) is 10.2. The second-order valence-corrected chi connectivity index (χ2v) is 6.95.